The molecule has 0 atom stereocenters. The molecular weight excluding hydrogens is 306 g/mol. The van der Waals surface area contributed by atoms with E-state index < -0.39 is 5.91 Å². The molecule has 0 aromatic carbocycles. The summed E-state index contributed by atoms with van der Waals surface area (Å²) in [5.41, 5.74) is 5.49. The maximum atomic E-state index is 11.7. The molecule has 0 bridgehead atoms. The molecule has 0 aliphatic heterocycles. The van der Waals surface area contributed by atoms with Crippen LogP contribution in [0.25, 0.3) is 0 Å². The number of carbonyl (C=O) groups is 1. The third kappa shape index (κ3) is 4.56. The molecule has 2 rings (SSSR count). The molecule has 134 valence electrons. The Balaban J connectivity index is 2.19. The third-order valence-electron chi connectivity index (χ3n) is 4.97. The zero-order valence-corrected chi connectivity index (χ0v) is 15.0. The Kier molecular flexibility index (Phi) is 5.64. The van der Waals surface area contributed by atoms with Crippen LogP contribution in [0.15, 0.2) is 6.20 Å². The average molecular weight is 335 g/mol. The molecule has 1 aliphatic rings. The molecule has 7 heteroatoms. The molecule has 1 fully saturated rings. The number of aliphatic hydroxyl groups is 1. The molecule has 1 aromatic rings. The summed E-state index contributed by atoms with van der Waals surface area (Å²) < 4.78 is 0. The molecule has 0 saturated heterocycles. The summed E-state index contributed by atoms with van der Waals surface area (Å²) in [7, 11) is 0. The Bertz CT molecular complexity index is 580. The molecule has 0 spiro atoms. The predicted octanol–water partition coefficient (Wildman–Crippen LogP) is 2.14. The van der Waals surface area contributed by atoms with Crippen molar-refractivity contribution >= 4 is 17.7 Å². The van der Waals surface area contributed by atoms with Gasteiger partial charge < -0.3 is 21.5 Å². The predicted molar refractivity (Wildman–Crippen MR) is 95.0 cm³/mol. The van der Waals surface area contributed by atoms with Crippen molar-refractivity contribution in [3.05, 3.63) is 11.8 Å². The number of aliphatic hydroxyl groups excluding tert-OH is 1. The molecule has 7 nitrogen and oxygen atoms in total. The maximum absolute atomic E-state index is 11.7. The van der Waals surface area contributed by atoms with Crippen molar-refractivity contribution in [3.63, 3.8) is 0 Å². The van der Waals surface area contributed by atoms with Crippen molar-refractivity contribution in [2.24, 2.45) is 11.7 Å². The highest BCUT2D eigenvalue weighted by atomic mass is 16.3. The average Bonchev–Trinajstić information content (AvgIpc) is 2.49. The van der Waals surface area contributed by atoms with Gasteiger partial charge in [-0.15, -0.1) is 0 Å². The molecule has 1 aromatic heterocycles. The van der Waals surface area contributed by atoms with E-state index in [1.807, 2.05) is 0 Å². The zero-order valence-electron chi connectivity index (χ0n) is 15.0. The van der Waals surface area contributed by atoms with Crippen LogP contribution in [0.2, 0.25) is 0 Å². The first kappa shape index (κ1) is 18.4. The second-order valence-electron chi connectivity index (χ2n) is 7.47. The molecule has 0 radical (unpaired) electrons. The van der Waals surface area contributed by atoms with Crippen LogP contribution in [0, 0.1) is 5.92 Å². The normalized spacial score (nSPS) is 21.6. The van der Waals surface area contributed by atoms with Gasteiger partial charge in [-0.1, -0.05) is 13.8 Å². The van der Waals surface area contributed by atoms with E-state index in [0.717, 1.165) is 25.7 Å². The van der Waals surface area contributed by atoms with Gasteiger partial charge in [0, 0.05) is 17.8 Å². The lowest BCUT2D eigenvalue weighted by molar-refractivity contribution is 0.1000. The number of hydrogen-bond acceptors (Lipinski definition) is 6. The Hall–Kier alpha value is -1.89. The lowest BCUT2D eigenvalue weighted by Gasteiger charge is -2.32. The number of nitrogens with zero attached hydrogens (tertiary/aromatic N) is 2. The van der Waals surface area contributed by atoms with E-state index in [0.29, 0.717) is 17.7 Å². The van der Waals surface area contributed by atoms with Gasteiger partial charge in [0.25, 0.3) is 5.91 Å². The summed E-state index contributed by atoms with van der Waals surface area (Å²) in [6, 6.07) is 0.235. The van der Waals surface area contributed by atoms with Gasteiger partial charge in [-0.25, -0.2) is 4.98 Å². The highest BCUT2D eigenvalue weighted by Crippen LogP contribution is 2.25. The van der Waals surface area contributed by atoms with Crippen LogP contribution in [0.5, 0.6) is 0 Å². The van der Waals surface area contributed by atoms with Crippen molar-refractivity contribution < 1.29 is 9.90 Å². The van der Waals surface area contributed by atoms with Crippen molar-refractivity contribution in [3.8, 4) is 0 Å². The fourth-order valence-electron chi connectivity index (χ4n) is 2.58. The van der Waals surface area contributed by atoms with Gasteiger partial charge in [-0.05, 0) is 45.4 Å². The van der Waals surface area contributed by atoms with Gasteiger partial charge >= 0.3 is 0 Å². The first-order valence-electron chi connectivity index (χ1n) is 8.58. The molecule has 24 heavy (non-hydrogen) atoms. The number of carbonyl (C=O) groups excluding carboxylic acids is 1. The first-order valence-corrected chi connectivity index (χ1v) is 8.58. The second kappa shape index (κ2) is 7.34. The monoisotopic (exact) mass is 335 g/mol. The number of hydrogen-bond donors (Lipinski definition) is 4. The van der Waals surface area contributed by atoms with E-state index in [-0.39, 0.29) is 23.2 Å². The van der Waals surface area contributed by atoms with E-state index in [4.69, 9.17) is 5.73 Å². The Labute approximate surface area is 143 Å². The van der Waals surface area contributed by atoms with Gasteiger partial charge in [0.2, 0.25) is 5.95 Å². The number of nitrogens with one attached hydrogen (secondary N) is 2. The van der Waals surface area contributed by atoms with Gasteiger partial charge in [0.1, 0.15) is 5.82 Å². The molecular formula is C17H29N5O2. The van der Waals surface area contributed by atoms with Gasteiger partial charge in [0.05, 0.1) is 11.7 Å². The van der Waals surface area contributed by atoms with Gasteiger partial charge in [0.15, 0.2) is 0 Å². The first-order chi connectivity index (χ1) is 11.2. The fraction of sp³-hybridized carbons (Fsp3) is 0.706. The summed E-state index contributed by atoms with van der Waals surface area (Å²) in [6.45, 7) is 8.32. The standard InChI is InChI=1S/C17H29N5O2/c1-10(2)17(3,4)22-15-13(14(18)24)9-19-16(21-15)20-11-5-7-12(23)8-6-11/h9-12,23H,5-8H2,1-4H3,(H2,18,24)(H2,19,20,21,22)/t11-,12-. The van der Waals surface area contributed by atoms with Crippen molar-refractivity contribution in [2.45, 2.75) is 71.1 Å². The van der Waals surface area contributed by atoms with Crippen LogP contribution >= 0.6 is 0 Å². The van der Waals surface area contributed by atoms with Crippen LogP contribution in [-0.4, -0.2) is 38.7 Å². The van der Waals surface area contributed by atoms with Gasteiger partial charge in [-0.2, -0.15) is 4.98 Å². The van der Waals surface area contributed by atoms with E-state index in [2.05, 4.69) is 48.3 Å². The SMILES string of the molecule is CC(C)C(C)(C)Nc1nc(N[C@H]2CC[C@H](O)CC2)ncc1C(N)=O. The van der Waals surface area contributed by atoms with E-state index >= 15 is 0 Å². The Morgan fingerprint density at radius 3 is 2.50 bits per heavy atom. The molecule has 1 heterocycles. The molecule has 5 N–H and O–H groups in total. The lowest BCUT2D eigenvalue weighted by atomic mass is 9.90. The minimum atomic E-state index is -0.551. The zero-order chi connectivity index (χ0) is 17.9. The van der Waals surface area contributed by atoms with E-state index in [1.165, 1.54) is 6.20 Å². The molecule has 0 unspecified atom stereocenters. The van der Waals surface area contributed by atoms with Crippen molar-refractivity contribution in [2.75, 3.05) is 10.6 Å². The van der Waals surface area contributed by atoms with Crippen molar-refractivity contribution in [1.29, 1.82) is 0 Å². The van der Waals surface area contributed by atoms with E-state index in [1.54, 1.807) is 0 Å². The summed E-state index contributed by atoms with van der Waals surface area (Å²) in [4.78, 5) is 20.4. The Morgan fingerprint density at radius 1 is 1.33 bits per heavy atom. The van der Waals surface area contributed by atoms with Crippen LogP contribution in [-0.2, 0) is 0 Å². The highest BCUT2D eigenvalue weighted by Gasteiger charge is 2.26. The fourth-order valence-corrected chi connectivity index (χ4v) is 2.58. The maximum Gasteiger partial charge on any atom is 0.254 e. The van der Waals surface area contributed by atoms with Crippen LogP contribution in [0.4, 0.5) is 11.8 Å². The van der Waals surface area contributed by atoms with E-state index in [9.17, 15) is 9.90 Å². The smallest absolute Gasteiger partial charge is 0.254 e. The number of rotatable bonds is 6. The largest absolute Gasteiger partial charge is 0.393 e. The number of primary amides is 1. The van der Waals surface area contributed by atoms with Crippen LogP contribution in [0.3, 0.4) is 0 Å². The minimum absolute atomic E-state index is 0.203. The second-order valence-corrected chi connectivity index (χ2v) is 7.47. The number of nitrogens with two attached hydrogens (primary N) is 1. The number of anilines is 2. The topological polar surface area (TPSA) is 113 Å². The molecule has 1 aliphatic carbocycles. The highest BCUT2D eigenvalue weighted by molar-refractivity contribution is 5.97. The van der Waals surface area contributed by atoms with Crippen molar-refractivity contribution in [1.82, 2.24) is 9.97 Å². The summed E-state index contributed by atoms with van der Waals surface area (Å²) >= 11 is 0. The van der Waals surface area contributed by atoms with Gasteiger partial charge in [-0.3, -0.25) is 4.79 Å². The van der Waals surface area contributed by atoms with Crippen LogP contribution < -0.4 is 16.4 Å². The summed E-state index contributed by atoms with van der Waals surface area (Å²) in [6.07, 6.45) is 4.58. The molecule has 1 amide bonds. The lowest BCUT2D eigenvalue weighted by Crippen LogP contribution is -2.38. The molecule has 1 saturated carbocycles. The Morgan fingerprint density at radius 2 is 1.96 bits per heavy atom. The minimum Gasteiger partial charge on any atom is -0.393 e. The van der Waals surface area contributed by atoms with Crippen LogP contribution in [0.1, 0.15) is 63.7 Å². The quantitative estimate of drug-likeness (QED) is 0.633. The number of aromatic nitrogens is 2. The summed E-state index contributed by atoms with van der Waals surface area (Å²) in [5, 5.41) is 16.2. The number of amides is 1. The summed E-state index contributed by atoms with van der Waals surface area (Å²) in [5.74, 6) is 0.715. The third-order valence-corrected chi connectivity index (χ3v) is 4.97.